The van der Waals surface area contributed by atoms with Crippen molar-refractivity contribution in [2.75, 3.05) is 5.32 Å². The Balaban J connectivity index is 1.96. The maximum Gasteiger partial charge on any atom is 0.339 e. The van der Waals surface area contributed by atoms with E-state index in [-0.39, 0.29) is 16.9 Å². The summed E-state index contributed by atoms with van der Waals surface area (Å²) in [7, 11) is 1.75. The number of carbonyl (C=O) groups is 2. The zero-order valence-corrected chi connectivity index (χ0v) is 14.1. The van der Waals surface area contributed by atoms with E-state index < -0.39 is 11.9 Å². The Morgan fingerprint density at radius 2 is 2.00 bits per heavy atom. The molecule has 6 nitrogen and oxygen atoms in total. The lowest BCUT2D eigenvalue weighted by molar-refractivity contribution is 0.0699. The van der Waals surface area contributed by atoms with Crippen molar-refractivity contribution in [1.82, 2.24) is 9.55 Å². The molecule has 122 valence electrons. The maximum atomic E-state index is 12.2. The second-order valence-electron chi connectivity index (χ2n) is 5.04. The van der Waals surface area contributed by atoms with E-state index in [0.717, 1.165) is 5.56 Å². The zero-order chi connectivity index (χ0) is 17.3. The first-order chi connectivity index (χ1) is 11.5. The highest BCUT2D eigenvalue weighted by Crippen LogP contribution is 2.36. The van der Waals surface area contributed by atoms with Crippen LogP contribution in [-0.2, 0) is 7.05 Å². The van der Waals surface area contributed by atoms with Crippen molar-refractivity contribution in [3.63, 3.8) is 0 Å². The first-order valence-electron chi connectivity index (χ1n) is 6.85. The molecule has 0 saturated heterocycles. The van der Waals surface area contributed by atoms with Gasteiger partial charge in [0.05, 0.1) is 16.9 Å². The van der Waals surface area contributed by atoms with Gasteiger partial charge in [0, 0.05) is 23.6 Å². The van der Waals surface area contributed by atoms with Crippen LogP contribution in [0.2, 0.25) is 5.02 Å². The van der Waals surface area contributed by atoms with Crippen molar-refractivity contribution in [2.45, 2.75) is 0 Å². The number of aromatic carboxylic acids is 1. The molecule has 1 aromatic carbocycles. The van der Waals surface area contributed by atoms with Crippen LogP contribution in [0.5, 0.6) is 0 Å². The SMILES string of the molecule is Cn1cnc(C(=O)Nc2csc(-c3ccc(Cl)cc3)c2C(=O)O)c1. The number of hydrogen-bond donors (Lipinski definition) is 2. The number of halogens is 1. The summed E-state index contributed by atoms with van der Waals surface area (Å²) in [5.41, 5.74) is 1.23. The lowest BCUT2D eigenvalue weighted by Crippen LogP contribution is -2.14. The number of carbonyl (C=O) groups excluding carboxylic acids is 1. The third-order valence-corrected chi connectivity index (χ3v) is 4.58. The number of nitrogens with zero attached hydrogens (tertiary/aromatic N) is 2. The predicted molar refractivity (Wildman–Crippen MR) is 92.9 cm³/mol. The third-order valence-electron chi connectivity index (χ3n) is 3.30. The predicted octanol–water partition coefficient (Wildman–Crippen LogP) is 3.75. The first kappa shape index (κ1) is 16.2. The van der Waals surface area contributed by atoms with Crippen LogP contribution in [0.4, 0.5) is 5.69 Å². The van der Waals surface area contributed by atoms with Crippen LogP contribution < -0.4 is 5.32 Å². The monoisotopic (exact) mass is 361 g/mol. The quantitative estimate of drug-likeness (QED) is 0.741. The van der Waals surface area contributed by atoms with Gasteiger partial charge in [-0.1, -0.05) is 23.7 Å². The number of aryl methyl sites for hydroxylation is 1. The van der Waals surface area contributed by atoms with Crippen LogP contribution in [-0.4, -0.2) is 26.5 Å². The van der Waals surface area contributed by atoms with Crippen LogP contribution in [0, 0.1) is 0 Å². The fourth-order valence-electron chi connectivity index (χ4n) is 2.19. The molecule has 0 bridgehead atoms. The number of thiophene rings is 1. The Morgan fingerprint density at radius 1 is 1.29 bits per heavy atom. The van der Waals surface area contributed by atoms with Gasteiger partial charge in [-0.2, -0.15) is 0 Å². The smallest absolute Gasteiger partial charge is 0.339 e. The summed E-state index contributed by atoms with van der Waals surface area (Å²) >= 11 is 7.11. The van der Waals surface area contributed by atoms with Crippen LogP contribution in [0.25, 0.3) is 10.4 Å². The number of carboxylic acid groups (broad SMARTS) is 1. The van der Waals surface area contributed by atoms with E-state index in [1.807, 2.05) is 0 Å². The fraction of sp³-hybridized carbons (Fsp3) is 0.0625. The van der Waals surface area contributed by atoms with Gasteiger partial charge in [0.1, 0.15) is 11.3 Å². The molecule has 24 heavy (non-hydrogen) atoms. The highest BCUT2D eigenvalue weighted by atomic mass is 35.5. The number of imidazole rings is 1. The summed E-state index contributed by atoms with van der Waals surface area (Å²) in [5, 5.41) is 14.3. The van der Waals surface area contributed by atoms with Gasteiger partial charge in [-0.15, -0.1) is 11.3 Å². The molecule has 0 aliphatic carbocycles. The van der Waals surface area contributed by atoms with Gasteiger partial charge < -0.3 is 15.0 Å². The van der Waals surface area contributed by atoms with Gasteiger partial charge in [-0.05, 0) is 17.7 Å². The fourth-order valence-corrected chi connectivity index (χ4v) is 3.32. The molecule has 0 aliphatic heterocycles. The highest BCUT2D eigenvalue weighted by molar-refractivity contribution is 7.14. The second-order valence-corrected chi connectivity index (χ2v) is 6.36. The second kappa shape index (κ2) is 6.46. The summed E-state index contributed by atoms with van der Waals surface area (Å²) in [5.74, 6) is -1.57. The molecule has 2 heterocycles. The third kappa shape index (κ3) is 3.17. The Bertz CT molecular complexity index is 915. The first-order valence-corrected chi connectivity index (χ1v) is 8.11. The molecule has 0 aliphatic rings. The minimum atomic E-state index is -1.11. The van der Waals surface area contributed by atoms with Crippen LogP contribution in [0.3, 0.4) is 0 Å². The van der Waals surface area contributed by atoms with E-state index in [1.165, 1.54) is 17.7 Å². The van der Waals surface area contributed by atoms with Gasteiger partial charge >= 0.3 is 5.97 Å². The molecule has 0 radical (unpaired) electrons. The summed E-state index contributed by atoms with van der Waals surface area (Å²) in [4.78, 5) is 28.4. The summed E-state index contributed by atoms with van der Waals surface area (Å²) < 4.78 is 1.64. The summed E-state index contributed by atoms with van der Waals surface area (Å²) in [6, 6.07) is 6.86. The van der Waals surface area contributed by atoms with E-state index in [2.05, 4.69) is 10.3 Å². The topological polar surface area (TPSA) is 84.2 Å². The molecule has 0 spiro atoms. The normalized spacial score (nSPS) is 10.6. The maximum absolute atomic E-state index is 12.2. The molecule has 3 rings (SSSR count). The average Bonchev–Trinajstić information content (AvgIpc) is 3.14. The van der Waals surface area contributed by atoms with Crippen molar-refractivity contribution in [1.29, 1.82) is 0 Å². The van der Waals surface area contributed by atoms with E-state index in [4.69, 9.17) is 11.6 Å². The molecule has 2 aromatic heterocycles. The van der Waals surface area contributed by atoms with E-state index in [0.29, 0.717) is 9.90 Å². The standard InChI is InChI=1S/C16H12ClN3O3S/c1-20-6-11(18-8-20)15(21)19-12-7-24-14(13(12)16(22)23)9-2-4-10(17)5-3-9/h2-8H,1H3,(H,19,21)(H,22,23). The Kier molecular flexibility index (Phi) is 4.37. The lowest BCUT2D eigenvalue weighted by Gasteiger charge is -2.05. The molecule has 3 aromatic rings. The molecular weight excluding hydrogens is 350 g/mol. The zero-order valence-electron chi connectivity index (χ0n) is 12.5. The summed E-state index contributed by atoms with van der Waals surface area (Å²) in [6.07, 6.45) is 3.06. The molecule has 0 fully saturated rings. The van der Waals surface area contributed by atoms with Gasteiger partial charge in [0.15, 0.2) is 0 Å². The largest absolute Gasteiger partial charge is 0.478 e. The Morgan fingerprint density at radius 3 is 2.58 bits per heavy atom. The molecule has 0 saturated carbocycles. The number of rotatable bonds is 4. The Hall–Kier alpha value is -2.64. The van der Waals surface area contributed by atoms with E-state index in [1.54, 1.807) is 47.5 Å². The van der Waals surface area contributed by atoms with Crippen molar-refractivity contribution >= 4 is 40.5 Å². The van der Waals surface area contributed by atoms with Crippen LogP contribution in [0.1, 0.15) is 20.8 Å². The summed E-state index contributed by atoms with van der Waals surface area (Å²) in [6.45, 7) is 0. The molecule has 1 amide bonds. The van der Waals surface area contributed by atoms with Crippen molar-refractivity contribution < 1.29 is 14.7 Å². The van der Waals surface area contributed by atoms with Crippen molar-refractivity contribution in [3.8, 4) is 10.4 Å². The highest BCUT2D eigenvalue weighted by Gasteiger charge is 2.22. The molecule has 0 unspecified atom stereocenters. The number of amides is 1. The van der Waals surface area contributed by atoms with Crippen molar-refractivity contribution in [3.05, 3.63) is 58.4 Å². The molecule has 2 N–H and O–H groups in total. The van der Waals surface area contributed by atoms with Gasteiger partial charge in [-0.25, -0.2) is 9.78 Å². The lowest BCUT2D eigenvalue weighted by atomic mass is 10.1. The number of anilines is 1. The number of carboxylic acids is 1. The molecule has 8 heteroatoms. The average molecular weight is 362 g/mol. The van der Waals surface area contributed by atoms with Gasteiger partial charge in [0.2, 0.25) is 0 Å². The number of hydrogen-bond acceptors (Lipinski definition) is 4. The van der Waals surface area contributed by atoms with E-state index in [9.17, 15) is 14.7 Å². The van der Waals surface area contributed by atoms with Gasteiger partial charge in [0.25, 0.3) is 5.91 Å². The molecular formula is C16H12ClN3O3S. The Labute approximate surface area is 146 Å². The van der Waals surface area contributed by atoms with Crippen molar-refractivity contribution in [2.24, 2.45) is 7.05 Å². The van der Waals surface area contributed by atoms with Crippen LogP contribution >= 0.6 is 22.9 Å². The number of aromatic nitrogens is 2. The van der Waals surface area contributed by atoms with E-state index >= 15 is 0 Å². The minimum Gasteiger partial charge on any atom is -0.478 e. The number of nitrogens with one attached hydrogen (secondary N) is 1. The number of benzene rings is 1. The van der Waals surface area contributed by atoms with Crippen LogP contribution in [0.15, 0.2) is 42.2 Å². The minimum absolute atomic E-state index is 0.0478. The van der Waals surface area contributed by atoms with Gasteiger partial charge in [-0.3, -0.25) is 4.79 Å². The molecule has 0 atom stereocenters.